The average molecular weight is 282 g/mol. The van der Waals surface area contributed by atoms with Gasteiger partial charge in [-0.1, -0.05) is 24.6 Å². The van der Waals surface area contributed by atoms with Gasteiger partial charge in [0, 0.05) is 18.1 Å². The largest absolute Gasteiger partial charge is 0.481 e. The van der Waals surface area contributed by atoms with Crippen molar-refractivity contribution in [2.24, 2.45) is 0 Å². The number of amides is 1. The van der Waals surface area contributed by atoms with Crippen molar-refractivity contribution in [2.45, 2.75) is 38.7 Å². The summed E-state index contributed by atoms with van der Waals surface area (Å²) in [5, 5.41) is 0.623. The molecule has 1 aromatic carbocycles. The van der Waals surface area contributed by atoms with E-state index >= 15 is 0 Å². The van der Waals surface area contributed by atoms with E-state index in [0.717, 1.165) is 25.9 Å². The third-order valence-electron chi connectivity index (χ3n) is 3.39. The fraction of sp³-hybridized carbons (Fsp3) is 0.533. The molecule has 0 aromatic heterocycles. The molecule has 1 atom stereocenters. The number of ether oxygens (including phenoxy) is 1. The molecule has 1 fully saturated rings. The minimum absolute atomic E-state index is 0.0992. The zero-order valence-electron chi connectivity index (χ0n) is 11.3. The zero-order valence-corrected chi connectivity index (χ0v) is 12.0. The standard InChI is InChI=1S/C15H20ClNO2/c1-2-14(15(18)17-9-4-3-5-10-17)19-13-8-6-7-12(16)11-13/h6-8,11,14H,2-5,9-10H2,1H3. The summed E-state index contributed by atoms with van der Waals surface area (Å²) < 4.78 is 5.78. The van der Waals surface area contributed by atoms with E-state index in [1.807, 2.05) is 24.0 Å². The number of nitrogens with zero attached hydrogens (tertiary/aromatic N) is 1. The summed E-state index contributed by atoms with van der Waals surface area (Å²) >= 11 is 5.92. The number of likely N-dealkylation sites (tertiary alicyclic amines) is 1. The number of carbonyl (C=O) groups is 1. The van der Waals surface area contributed by atoms with Gasteiger partial charge >= 0.3 is 0 Å². The summed E-state index contributed by atoms with van der Waals surface area (Å²) in [7, 11) is 0. The van der Waals surface area contributed by atoms with Gasteiger partial charge in [-0.2, -0.15) is 0 Å². The van der Waals surface area contributed by atoms with Crippen LogP contribution in [0.1, 0.15) is 32.6 Å². The van der Waals surface area contributed by atoms with Gasteiger partial charge in [-0.25, -0.2) is 0 Å². The minimum atomic E-state index is -0.406. The van der Waals surface area contributed by atoms with E-state index in [1.54, 1.807) is 12.1 Å². The first kappa shape index (κ1) is 14.2. The zero-order chi connectivity index (χ0) is 13.7. The molecule has 0 aliphatic carbocycles. The fourth-order valence-corrected chi connectivity index (χ4v) is 2.51. The van der Waals surface area contributed by atoms with Crippen LogP contribution < -0.4 is 4.74 Å². The Hall–Kier alpha value is -1.22. The smallest absolute Gasteiger partial charge is 0.263 e. The molecule has 1 saturated heterocycles. The Morgan fingerprint density at radius 2 is 2.11 bits per heavy atom. The molecule has 1 unspecified atom stereocenters. The van der Waals surface area contributed by atoms with Gasteiger partial charge in [0.15, 0.2) is 6.10 Å². The van der Waals surface area contributed by atoms with Crippen LogP contribution in [0, 0.1) is 0 Å². The van der Waals surface area contributed by atoms with Crippen molar-refractivity contribution in [1.29, 1.82) is 0 Å². The molecule has 2 rings (SSSR count). The molecule has 1 aromatic rings. The fourth-order valence-electron chi connectivity index (χ4n) is 2.33. The topological polar surface area (TPSA) is 29.5 Å². The van der Waals surface area contributed by atoms with Gasteiger partial charge < -0.3 is 9.64 Å². The van der Waals surface area contributed by atoms with Crippen molar-refractivity contribution in [2.75, 3.05) is 13.1 Å². The quantitative estimate of drug-likeness (QED) is 0.845. The third-order valence-corrected chi connectivity index (χ3v) is 3.62. The van der Waals surface area contributed by atoms with Crippen molar-refractivity contribution in [1.82, 2.24) is 4.90 Å². The lowest BCUT2D eigenvalue weighted by atomic mass is 10.1. The Kier molecular flexibility index (Phi) is 5.08. The monoisotopic (exact) mass is 281 g/mol. The molecule has 19 heavy (non-hydrogen) atoms. The highest BCUT2D eigenvalue weighted by atomic mass is 35.5. The second-order valence-corrected chi connectivity index (χ2v) is 5.29. The lowest BCUT2D eigenvalue weighted by Crippen LogP contribution is -2.44. The highest BCUT2D eigenvalue weighted by molar-refractivity contribution is 6.30. The number of carbonyl (C=O) groups excluding carboxylic acids is 1. The van der Waals surface area contributed by atoms with Gasteiger partial charge in [0.1, 0.15) is 5.75 Å². The second kappa shape index (κ2) is 6.80. The van der Waals surface area contributed by atoms with E-state index in [2.05, 4.69) is 0 Å². The lowest BCUT2D eigenvalue weighted by molar-refractivity contribution is -0.139. The van der Waals surface area contributed by atoms with Crippen LogP contribution in [-0.2, 0) is 4.79 Å². The molecule has 0 spiro atoms. The second-order valence-electron chi connectivity index (χ2n) is 4.86. The van der Waals surface area contributed by atoms with Crippen molar-refractivity contribution < 1.29 is 9.53 Å². The van der Waals surface area contributed by atoms with Gasteiger partial charge in [-0.15, -0.1) is 0 Å². The Labute approximate surface area is 119 Å². The molecule has 104 valence electrons. The van der Waals surface area contributed by atoms with E-state index in [1.165, 1.54) is 6.42 Å². The third kappa shape index (κ3) is 3.87. The normalized spacial score (nSPS) is 17.1. The summed E-state index contributed by atoms with van der Waals surface area (Å²) in [6.07, 6.45) is 3.67. The molecule has 0 bridgehead atoms. The number of halogens is 1. The minimum Gasteiger partial charge on any atom is -0.481 e. The molecule has 0 N–H and O–H groups in total. The maximum Gasteiger partial charge on any atom is 0.263 e. The van der Waals surface area contributed by atoms with E-state index in [4.69, 9.17) is 16.3 Å². The van der Waals surface area contributed by atoms with E-state index < -0.39 is 6.10 Å². The van der Waals surface area contributed by atoms with Crippen LogP contribution in [0.3, 0.4) is 0 Å². The SMILES string of the molecule is CCC(Oc1cccc(Cl)c1)C(=O)N1CCCCC1. The first-order chi connectivity index (χ1) is 9.20. The molecule has 4 heteroatoms. The van der Waals surface area contributed by atoms with Crippen LogP contribution in [0.5, 0.6) is 5.75 Å². The number of benzene rings is 1. The molecular formula is C15H20ClNO2. The van der Waals surface area contributed by atoms with Crippen LogP contribution >= 0.6 is 11.6 Å². The highest BCUT2D eigenvalue weighted by Crippen LogP contribution is 2.20. The van der Waals surface area contributed by atoms with Crippen LogP contribution in [0.4, 0.5) is 0 Å². The van der Waals surface area contributed by atoms with Crippen LogP contribution in [0.25, 0.3) is 0 Å². The van der Waals surface area contributed by atoms with E-state index in [9.17, 15) is 4.79 Å². The Balaban J connectivity index is 2.00. The Morgan fingerprint density at radius 1 is 1.37 bits per heavy atom. The summed E-state index contributed by atoms with van der Waals surface area (Å²) in [6, 6.07) is 7.20. The molecule has 0 radical (unpaired) electrons. The number of rotatable bonds is 4. The summed E-state index contributed by atoms with van der Waals surface area (Å²) in [6.45, 7) is 3.68. The molecular weight excluding hydrogens is 262 g/mol. The van der Waals surface area contributed by atoms with Crippen molar-refractivity contribution in [3.63, 3.8) is 0 Å². The average Bonchev–Trinajstić information content (AvgIpc) is 2.45. The van der Waals surface area contributed by atoms with Crippen molar-refractivity contribution in [3.05, 3.63) is 29.3 Å². The number of piperidine rings is 1. The predicted molar refractivity (Wildman–Crippen MR) is 76.6 cm³/mol. The first-order valence-electron chi connectivity index (χ1n) is 6.91. The van der Waals surface area contributed by atoms with Gasteiger partial charge in [0.05, 0.1) is 0 Å². The number of hydrogen-bond acceptors (Lipinski definition) is 2. The van der Waals surface area contributed by atoms with Gasteiger partial charge in [0.2, 0.25) is 0 Å². The van der Waals surface area contributed by atoms with Gasteiger partial charge in [-0.05, 0) is 43.9 Å². The van der Waals surface area contributed by atoms with Crippen molar-refractivity contribution >= 4 is 17.5 Å². The van der Waals surface area contributed by atoms with E-state index in [0.29, 0.717) is 17.2 Å². The predicted octanol–water partition coefficient (Wildman–Crippen LogP) is 3.51. The molecule has 3 nitrogen and oxygen atoms in total. The summed E-state index contributed by atoms with van der Waals surface area (Å²) in [4.78, 5) is 14.3. The first-order valence-corrected chi connectivity index (χ1v) is 7.29. The van der Waals surface area contributed by atoms with Gasteiger partial charge in [0.25, 0.3) is 5.91 Å². The maximum atomic E-state index is 12.4. The Morgan fingerprint density at radius 3 is 2.74 bits per heavy atom. The molecule has 1 amide bonds. The Bertz CT molecular complexity index is 430. The molecule has 1 heterocycles. The van der Waals surface area contributed by atoms with E-state index in [-0.39, 0.29) is 5.91 Å². The lowest BCUT2D eigenvalue weighted by Gasteiger charge is -2.30. The molecule has 1 aliphatic rings. The van der Waals surface area contributed by atoms with Crippen LogP contribution in [-0.4, -0.2) is 30.0 Å². The van der Waals surface area contributed by atoms with Gasteiger partial charge in [-0.3, -0.25) is 4.79 Å². The van der Waals surface area contributed by atoms with Crippen molar-refractivity contribution in [3.8, 4) is 5.75 Å². The number of hydrogen-bond donors (Lipinski definition) is 0. The molecule has 1 aliphatic heterocycles. The molecule has 0 saturated carbocycles. The van der Waals surface area contributed by atoms with Crippen LogP contribution in [0.15, 0.2) is 24.3 Å². The maximum absolute atomic E-state index is 12.4. The summed E-state index contributed by atoms with van der Waals surface area (Å²) in [5.74, 6) is 0.756. The van der Waals surface area contributed by atoms with Crippen LogP contribution in [0.2, 0.25) is 5.02 Å². The summed E-state index contributed by atoms with van der Waals surface area (Å²) in [5.41, 5.74) is 0. The highest BCUT2D eigenvalue weighted by Gasteiger charge is 2.25.